The van der Waals surface area contributed by atoms with E-state index in [1.165, 1.54) is 12.8 Å². The molecule has 0 unspecified atom stereocenters. The maximum Gasteiger partial charge on any atom is 0.255 e. The summed E-state index contributed by atoms with van der Waals surface area (Å²) in [6.07, 6.45) is 2.44. The summed E-state index contributed by atoms with van der Waals surface area (Å²) in [6, 6.07) is 12.3. The van der Waals surface area contributed by atoms with Gasteiger partial charge >= 0.3 is 0 Å². The molecular weight excluding hydrogens is 264 g/mol. The monoisotopic (exact) mass is 284 g/mol. The molecule has 3 rings (SSSR count). The molecule has 1 heterocycles. The van der Waals surface area contributed by atoms with E-state index in [9.17, 15) is 4.79 Å². The molecule has 1 aliphatic rings. The molecule has 110 valence electrons. The van der Waals surface area contributed by atoms with Crippen molar-refractivity contribution in [2.24, 2.45) is 7.05 Å². The Morgan fingerprint density at radius 3 is 2.71 bits per heavy atom. The van der Waals surface area contributed by atoms with Gasteiger partial charge in [-0.3, -0.25) is 4.79 Å². The van der Waals surface area contributed by atoms with Crippen LogP contribution in [0.25, 0.3) is 11.3 Å². The lowest BCUT2D eigenvalue weighted by molar-refractivity contribution is 0.416. The number of para-hydroxylation sites is 1. The standard InChI is InChI=1S/C17H20N2O2/c1-19-15(14-5-3-4-6-16(14)21-2)10-7-12(17(19)20)11-18-13-8-9-13/h3-7,10,13,18H,8-9,11H2,1-2H3. The fourth-order valence-corrected chi connectivity index (χ4v) is 2.49. The number of rotatable bonds is 5. The van der Waals surface area contributed by atoms with E-state index in [-0.39, 0.29) is 5.56 Å². The van der Waals surface area contributed by atoms with Gasteiger partial charge in [-0.1, -0.05) is 18.2 Å². The van der Waals surface area contributed by atoms with Crippen LogP contribution in [0, 0.1) is 0 Å². The molecule has 0 atom stereocenters. The average Bonchev–Trinajstić information content (AvgIpc) is 3.33. The quantitative estimate of drug-likeness (QED) is 0.916. The van der Waals surface area contributed by atoms with Gasteiger partial charge in [-0.25, -0.2) is 0 Å². The number of hydrogen-bond acceptors (Lipinski definition) is 3. The number of pyridine rings is 1. The molecular formula is C17H20N2O2. The molecule has 0 bridgehead atoms. The Hall–Kier alpha value is -2.07. The molecule has 0 saturated heterocycles. The molecule has 0 aliphatic heterocycles. The number of ether oxygens (including phenoxy) is 1. The minimum Gasteiger partial charge on any atom is -0.496 e. The zero-order chi connectivity index (χ0) is 14.8. The van der Waals surface area contributed by atoms with Gasteiger partial charge in [0.25, 0.3) is 5.56 Å². The average molecular weight is 284 g/mol. The first-order valence-corrected chi connectivity index (χ1v) is 7.26. The zero-order valence-corrected chi connectivity index (χ0v) is 12.4. The molecule has 1 fully saturated rings. The van der Waals surface area contributed by atoms with Gasteiger partial charge in [0.15, 0.2) is 0 Å². The van der Waals surface area contributed by atoms with E-state index < -0.39 is 0 Å². The summed E-state index contributed by atoms with van der Waals surface area (Å²) < 4.78 is 7.08. The van der Waals surface area contributed by atoms with Crippen molar-refractivity contribution in [3.63, 3.8) is 0 Å². The minimum absolute atomic E-state index is 0.0477. The summed E-state index contributed by atoms with van der Waals surface area (Å²) in [7, 11) is 3.45. The van der Waals surface area contributed by atoms with Crippen LogP contribution in [0.3, 0.4) is 0 Å². The first-order chi connectivity index (χ1) is 10.2. The van der Waals surface area contributed by atoms with Crippen molar-refractivity contribution in [3.05, 3.63) is 52.3 Å². The van der Waals surface area contributed by atoms with Crippen molar-refractivity contribution >= 4 is 0 Å². The molecule has 21 heavy (non-hydrogen) atoms. The molecule has 0 amide bonds. The predicted octanol–water partition coefficient (Wildman–Crippen LogP) is 2.31. The maximum atomic E-state index is 12.5. The van der Waals surface area contributed by atoms with Crippen molar-refractivity contribution in [2.45, 2.75) is 25.4 Å². The SMILES string of the molecule is COc1ccccc1-c1ccc(CNC2CC2)c(=O)n1C. The van der Waals surface area contributed by atoms with E-state index in [1.807, 2.05) is 43.4 Å². The van der Waals surface area contributed by atoms with E-state index >= 15 is 0 Å². The summed E-state index contributed by atoms with van der Waals surface area (Å²) >= 11 is 0. The van der Waals surface area contributed by atoms with Crippen LogP contribution in [-0.2, 0) is 13.6 Å². The number of nitrogens with zero attached hydrogens (tertiary/aromatic N) is 1. The molecule has 4 heteroatoms. The number of hydrogen-bond donors (Lipinski definition) is 1. The number of methoxy groups -OCH3 is 1. The Morgan fingerprint density at radius 1 is 1.24 bits per heavy atom. The molecule has 2 aromatic rings. The third-order valence-corrected chi connectivity index (χ3v) is 3.92. The van der Waals surface area contributed by atoms with E-state index in [0.29, 0.717) is 12.6 Å². The highest BCUT2D eigenvalue weighted by Crippen LogP contribution is 2.28. The Morgan fingerprint density at radius 2 is 2.00 bits per heavy atom. The maximum absolute atomic E-state index is 12.5. The van der Waals surface area contributed by atoms with Gasteiger partial charge in [-0.2, -0.15) is 0 Å². The fraction of sp³-hybridized carbons (Fsp3) is 0.353. The second-order valence-corrected chi connectivity index (χ2v) is 5.46. The largest absolute Gasteiger partial charge is 0.496 e. The molecule has 1 aromatic heterocycles. The summed E-state index contributed by atoms with van der Waals surface area (Å²) in [5, 5.41) is 3.38. The molecule has 1 N–H and O–H groups in total. The molecule has 1 saturated carbocycles. The number of benzene rings is 1. The Labute approximate surface area is 124 Å². The van der Waals surface area contributed by atoms with Gasteiger partial charge in [0.1, 0.15) is 5.75 Å². The van der Waals surface area contributed by atoms with Crippen LogP contribution in [-0.4, -0.2) is 17.7 Å². The Bertz CT molecular complexity index is 702. The van der Waals surface area contributed by atoms with Crippen LogP contribution in [0.5, 0.6) is 5.75 Å². The van der Waals surface area contributed by atoms with Crippen LogP contribution in [0.2, 0.25) is 0 Å². The van der Waals surface area contributed by atoms with Crippen molar-refractivity contribution in [1.29, 1.82) is 0 Å². The van der Waals surface area contributed by atoms with E-state index in [4.69, 9.17) is 4.74 Å². The van der Waals surface area contributed by atoms with Crippen LogP contribution in [0.15, 0.2) is 41.2 Å². The Kier molecular flexibility index (Phi) is 3.80. The first-order valence-electron chi connectivity index (χ1n) is 7.26. The van der Waals surface area contributed by atoms with Crippen molar-refractivity contribution in [2.75, 3.05) is 7.11 Å². The predicted molar refractivity (Wildman–Crippen MR) is 83.5 cm³/mol. The number of nitrogens with one attached hydrogen (secondary N) is 1. The van der Waals surface area contributed by atoms with Crippen LogP contribution >= 0.6 is 0 Å². The highest BCUT2D eigenvalue weighted by molar-refractivity contribution is 5.67. The molecule has 1 aromatic carbocycles. The summed E-state index contributed by atoms with van der Waals surface area (Å²) in [5.41, 5.74) is 2.66. The van der Waals surface area contributed by atoms with Crippen LogP contribution in [0.4, 0.5) is 0 Å². The highest BCUT2D eigenvalue weighted by Gasteiger charge is 2.20. The first kappa shape index (κ1) is 13.9. The lowest BCUT2D eigenvalue weighted by Crippen LogP contribution is -2.27. The topological polar surface area (TPSA) is 43.3 Å². The highest BCUT2D eigenvalue weighted by atomic mass is 16.5. The smallest absolute Gasteiger partial charge is 0.255 e. The lowest BCUT2D eigenvalue weighted by atomic mass is 10.1. The van der Waals surface area contributed by atoms with Crippen LogP contribution in [0.1, 0.15) is 18.4 Å². The van der Waals surface area contributed by atoms with Gasteiger partial charge in [0.05, 0.1) is 12.8 Å². The number of aromatic nitrogens is 1. The minimum atomic E-state index is 0.0477. The van der Waals surface area contributed by atoms with Gasteiger partial charge in [0.2, 0.25) is 0 Å². The van der Waals surface area contributed by atoms with Gasteiger partial charge in [-0.05, 0) is 31.0 Å². The van der Waals surface area contributed by atoms with Gasteiger partial charge < -0.3 is 14.6 Å². The van der Waals surface area contributed by atoms with Crippen molar-refractivity contribution in [3.8, 4) is 17.0 Å². The lowest BCUT2D eigenvalue weighted by Gasteiger charge is -2.13. The molecule has 0 radical (unpaired) electrons. The fourth-order valence-electron chi connectivity index (χ4n) is 2.49. The second-order valence-electron chi connectivity index (χ2n) is 5.46. The van der Waals surface area contributed by atoms with Gasteiger partial charge in [0, 0.05) is 30.8 Å². The third-order valence-electron chi connectivity index (χ3n) is 3.92. The second kappa shape index (κ2) is 5.74. The molecule has 4 nitrogen and oxygen atoms in total. The van der Waals surface area contributed by atoms with Crippen molar-refractivity contribution < 1.29 is 4.74 Å². The summed E-state index contributed by atoms with van der Waals surface area (Å²) in [5.74, 6) is 0.774. The molecule has 0 spiro atoms. The van der Waals surface area contributed by atoms with E-state index in [1.54, 1.807) is 11.7 Å². The molecule has 1 aliphatic carbocycles. The van der Waals surface area contributed by atoms with Crippen LogP contribution < -0.4 is 15.6 Å². The van der Waals surface area contributed by atoms with Crippen molar-refractivity contribution in [1.82, 2.24) is 9.88 Å². The Balaban J connectivity index is 1.96. The zero-order valence-electron chi connectivity index (χ0n) is 12.4. The normalized spacial score (nSPS) is 14.2. The summed E-state index contributed by atoms with van der Waals surface area (Å²) in [4.78, 5) is 12.5. The third kappa shape index (κ3) is 2.85. The van der Waals surface area contributed by atoms with Gasteiger partial charge in [-0.15, -0.1) is 0 Å². The van der Waals surface area contributed by atoms with E-state index in [0.717, 1.165) is 22.6 Å². The van der Waals surface area contributed by atoms with E-state index in [2.05, 4.69) is 5.32 Å². The summed E-state index contributed by atoms with van der Waals surface area (Å²) in [6.45, 7) is 0.642.